The second-order valence-corrected chi connectivity index (χ2v) is 8.56. The Labute approximate surface area is 208 Å². The van der Waals surface area contributed by atoms with Gasteiger partial charge in [-0.1, -0.05) is 23.4 Å². The number of nitrogens with zero attached hydrogens (tertiary/aromatic N) is 1. The number of alkyl halides is 3. The lowest BCUT2D eigenvalue weighted by Gasteiger charge is -2.20. The van der Waals surface area contributed by atoms with Crippen LogP contribution in [0.5, 0.6) is 0 Å². The summed E-state index contributed by atoms with van der Waals surface area (Å²) in [6.45, 7) is 3.03. The van der Waals surface area contributed by atoms with Crippen molar-refractivity contribution in [2.24, 2.45) is 5.92 Å². The van der Waals surface area contributed by atoms with E-state index in [1.165, 1.54) is 12.1 Å². The molecule has 5 N–H and O–H groups in total. The number of rotatable bonds is 10. The molecule has 2 heterocycles. The smallest absolute Gasteiger partial charge is 0.416 e. The van der Waals surface area contributed by atoms with Crippen molar-refractivity contribution in [2.75, 3.05) is 13.2 Å². The molecule has 1 aromatic carbocycles. The van der Waals surface area contributed by atoms with Crippen LogP contribution in [-0.4, -0.2) is 68.3 Å². The molecule has 2 atom stereocenters. The summed E-state index contributed by atoms with van der Waals surface area (Å²) in [7, 11) is 0. The maximum absolute atomic E-state index is 13.0. The molecule has 2 aromatic rings. The average molecular weight is 532 g/mol. The van der Waals surface area contributed by atoms with Gasteiger partial charge in [0.2, 0.25) is 0 Å². The summed E-state index contributed by atoms with van der Waals surface area (Å²) in [5.41, 5.74) is -2.28. The van der Waals surface area contributed by atoms with Crippen LogP contribution in [0.15, 0.2) is 34.9 Å². The highest BCUT2D eigenvalue weighted by molar-refractivity contribution is 5.88. The van der Waals surface area contributed by atoms with Gasteiger partial charge in [0.05, 0.1) is 37.3 Å². The van der Waals surface area contributed by atoms with Crippen molar-refractivity contribution >= 4 is 17.9 Å². The summed E-state index contributed by atoms with van der Waals surface area (Å²) in [6, 6.07) is 7.48. The predicted octanol–water partition coefficient (Wildman–Crippen LogP) is 2.10. The van der Waals surface area contributed by atoms with Crippen molar-refractivity contribution in [3.05, 3.63) is 52.9 Å². The maximum atomic E-state index is 13.0. The van der Waals surface area contributed by atoms with Crippen LogP contribution < -0.4 is 5.32 Å². The third-order valence-electron chi connectivity index (χ3n) is 5.50. The van der Waals surface area contributed by atoms with Gasteiger partial charge in [-0.2, -0.15) is 13.2 Å². The molecule has 204 valence electrons. The van der Waals surface area contributed by atoms with Crippen molar-refractivity contribution in [1.82, 2.24) is 10.5 Å². The average Bonchev–Trinajstić information content (AvgIpc) is 3.39. The molecule has 11 nitrogen and oxygen atoms in total. The van der Waals surface area contributed by atoms with Gasteiger partial charge >= 0.3 is 24.1 Å². The number of hydrogen-bond donors (Lipinski definition) is 5. The molecule has 0 bridgehead atoms. The Kier molecular flexibility index (Phi) is 10.2. The van der Waals surface area contributed by atoms with Gasteiger partial charge in [-0.3, -0.25) is 9.59 Å². The highest BCUT2D eigenvalue weighted by Crippen LogP contribution is 2.32. The molecule has 0 aliphatic carbocycles. The van der Waals surface area contributed by atoms with Crippen molar-refractivity contribution < 1.29 is 57.2 Å². The van der Waals surface area contributed by atoms with Gasteiger partial charge in [0.15, 0.2) is 5.60 Å². The Morgan fingerprint density at radius 3 is 2.22 bits per heavy atom. The van der Waals surface area contributed by atoms with Gasteiger partial charge in [-0.15, -0.1) is 0 Å². The lowest BCUT2D eigenvalue weighted by Crippen LogP contribution is -2.42. The van der Waals surface area contributed by atoms with Gasteiger partial charge in [0.1, 0.15) is 5.76 Å². The largest absolute Gasteiger partial charge is 0.481 e. The molecular formula is C23H27F3N2O9. The minimum absolute atomic E-state index is 0.0169. The number of aromatic nitrogens is 1. The number of aliphatic carboxylic acids is 3. The second-order valence-electron chi connectivity index (χ2n) is 8.56. The van der Waals surface area contributed by atoms with Crippen LogP contribution in [0, 0.1) is 12.8 Å². The van der Waals surface area contributed by atoms with Crippen molar-refractivity contribution in [3.8, 4) is 0 Å². The minimum atomic E-state index is -4.35. The summed E-state index contributed by atoms with van der Waals surface area (Å²) >= 11 is 0. The minimum Gasteiger partial charge on any atom is -0.481 e. The zero-order valence-electron chi connectivity index (χ0n) is 19.7. The maximum Gasteiger partial charge on any atom is 0.416 e. The fourth-order valence-corrected chi connectivity index (χ4v) is 3.70. The van der Waals surface area contributed by atoms with E-state index in [-0.39, 0.29) is 24.1 Å². The molecule has 0 amide bonds. The molecule has 1 saturated heterocycles. The Morgan fingerprint density at radius 1 is 1.08 bits per heavy atom. The van der Waals surface area contributed by atoms with Gasteiger partial charge < -0.3 is 35.0 Å². The third kappa shape index (κ3) is 9.15. The van der Waals surface area contributed by atoms with Crippen LogP contribution in [0.2, 0.25) is 0 Å². The van der Waals surface area contributed by atoms with E-state index in [1.54, 1.807) is 6.07 Å². The fraction of sp³-hybridized carbons (Fsp3) is 0.478. The number of carboxylic acid groups (broad SMARTS) is 3. The van der Waals surface area contributed by atoms with Gasteiger partial charge in [0.25, 0.3) is 0 Å². The van der Waals surface area contributed by atoms with Crippen molar-refractivity contribution in [1.29, 1.82) is 0 Å². The number of aryl methyl sites for hydroxylation is 1. The molecule has 0 radical (unpaired) electrons. The molecule has 1 aliphatic rings. The molecule has 14 heteroatoms. The Morgan fingerprint density at radius 2 is 1.70 bits per heavy atom. The molecule has 1 aromatic heterocycles. The summed E-state index contributed by atoms with van der Waals surface area (Å²) in [6.07, 6.45) is -5.98. The summed E-state index contributed by atoms with van der Waals surface area (Å²) in [5.74, 6) is -4.10. The Balaban J connectivity index is 0.000000317. The number of halogens is 3. The molecule has 0 spiro atoms. The van der Waals surface area contributed by atoms with Crippen molar-refractivity contribution in [2.45, 2.75) is 50.6 Å². The monoisotopic (exact) mass is 532 g/mol. The van der Waals surface area contributed by atoms with E-state index in [4.69, 9.17) is 29.7 Å². The van der Waals surface area contributed by atoms with Gasteiger partial charge in [-0.25, -0.2) is 4.79 Å². The zero-order chi connectivity index (χ0) is 27.8. The molecule has 37 heavy (non-hydrogen) atoms. The van der Waals surface area contributed by atoms with E-state index in [2.05, 4.69) is 10.5 Å². The summed E-state index contributed by atoms with van der Waals surface area (Å²) < 4.78 is 49.8. The van der Waals surface area contributed by atoms with Crippen LogP contribution in [0.3, 0.4) is 0 Å². The third-order valence-corrected chi connectivity index (χ3v) is 5.50. The first-order chi connectivity index (χ1) is 17.2. The normalized spacial score (nSPS) is 17.6. The van der Waals surface area contributed by atoms with Crippen LogP contribution in [0.4, 0.5) is 13.2 Å². The molecule has 1 aliphatic heterocycles. The van der Waals surface area contributed by atoms with E-state index in [1.807, 2.05) is 13.0 Å². The molecule has 0 unspecified atom stereocenters. The number of nitrogens with one attached hydrogen (secondary N) is 1. The number of ether oxygens (including phenoxy) is 1. The summed E-state index contributed by atoms with van der Waals surface area (Å²) in [4.78, 5) is 30.5. The quantitative estimate of drug-likeness (QED) is 0.302. The van der Waals surface area contributed by atoms with Gasteiger partial charge in [-0.05, 0) is 18.6 Å². The highest BCUT2D eigenvalue weighted by atomic mass is 19.4. The van der Waals surface area contributed by atoms with E-state index in [0.29, 0.717) is 19.6 Å². The fourth-order valence-electron chi connectivity index (χ4n) is 3.70. The SMILES string of the molecule is Cc1cc(C[C@@H]2COC[C@H]2NCc2ccccc2C(F)(F)F)on1.O=C(O)CC(O)(CC(=O)O)C(=O)O. The lowest BCUT2D eigenvalue weighted by atomic mass is 9.96. The number of carboxylic acids is 3. The molecular weight excluding hydrogens is 505 g/mol. The van der Waals surface area contributed by atoms with E-state index in [0.717, 1.165) is 17.5 Å². The number of aliphatic hydroxyl groups is 1. The predicted molar refractivity (Wildman–Crippen MR) is 118 cm³/mol. The van der Waals surface area contributed by atoms with Crippen LogP contribution in [0.25, 0.3) is 0 Å². The number of benzene rings is 1. The molecule has 1 fully saturated rings. The van der Waals surface area contributed by atoms with Crippen LogP contribution >= 0.6 is 0 Å². The Hall–Kier alpha value is -3.49. The molecule has 3 rings (SSSR count). The second kappa shape index (κ2) is 12.7. The lowest BCUT2D eigenvalue weighted by molar-refractivity contribution is -0.170. The van der Waals surface area contributed by atoms with Crippen LogP contribution in [-0.2, 0) is 38.3 Å². The first-order valence-corrected chi connectivity index (χ1v) is 11.0. The van der Waals surface area contributed by atoms with E-state index < -0.39 is 48.1 Å². The standard InChI is InChI=1S/C17H19F3N2O2.C6H8O7/c1-11-6-14(24-22-11)7-13-9-23-10-16(13)21-8-12-4-2-3-5-15(12)17(18,19)20;7-3(8)1-6(13,5(11)12)2-4(9)10/h2-6,13,16,21H,7-10H2,1H3;13H,1-2H2,(H,7,8)(H,9,10)(H,11,12)/t13-,16-;/m1./s1. The Bertz CT molecular complexity index is 1070. The number of carbonyl (C=O) groups is 3. The van der Waals surface area contributed by atoms with Crippen molar-refractivity contribution in [3.63, 3.8) is 0 Å². The van der Waals surface area contributed by atoms with E-state index in [9.17, 15) is 27.6 Å². The summed E-state index contributed by atoms with van der Waals surface area (Å²) in [5, 5.41) is 40.9. The number of hydrogen-bond acceptors (Lipinski definition) is 8. The first-order valence-electron chi connectivity index (χ1n) is 11.0. The zero-order valence-corrected chi connectivity index (χ0v) is 19.7. The first kappa shape index (κ1) is 29.7. The highest BCUT2D eigenvalue weighted by Gasteiger charge is 2.40. The van der Waals surface area contributed by atoms with Crippen LogP contribution in [0.1, 0.15) is 35.4 Å². The topological polar surface area (TPSA) is 179 Å². The molecule has 0 saturated carbocycles. The van der Waals surface area contributed by atoms with Gasteiger partial charge in [0, 0.05) is 31.0 Å². The van der Waals surface area contributed by atoms with E-state index >= 15 is 0 Å².